The number of hydrogen-bond acceptors (Lipinski definition) is 5. The zero-order chi connectivity index (χ0) is 24.3. The van der Waals surface area contributed by atoms with Gasteiger partial charge in [0.1, 0.15) is 5.82 Å². The van der Waals surface area contributed by atoms with E-state index in [4.69, 9.17) is 5.14 Å². The van der Waals surface area contributed by atoms with E-state index in [0.29, 0.717) is 31.4 Å². The molecule has 1 aliphatic rings. The molecular weight excluding hydrogens is 454 g/mol. The minimum atomic E-state index is -3.81. The van der Waals surface area contributed by atoms with E-state index >= 15 is 0 Å². The number of amides is 2. The summed E-state index contributed by atoms with van der Waals surface area (Å²) >= 11 is 0. The molecule has 1 aliphatic heterocycles. The highest BCUT2D eigenvalue weighted by Gasteiger charge is 2.21. The summed E-state index contributed by atoms with van der Waals surface area (Å²) in [5, 5.41) is 8.17. The van der Waals surface area contributed by atoms with Crippen molar-refractivity contribution in [3.63, 3.8) is 0 Å². The second kappa shape index (κ2) is 9.94. The SMILES string of the molecule is CCCn1c(CCC(=O)NCc2ccc(N3CCCC3=O)cc2)nc2cc(S(N)(=O)=O)ccc21. The lowest BCUT2D eigenvalue weighted by Gasteiger charge is -2.16. The topological polar surface area (TPSA) is 127 Å². The van der Waals surface area contributed by atoms with Crippen LogP contribution in [0.3, 0.4) is 0 Å². The van der Waals surface area contributed by atoms with E-state index in [-0.39, 0.29) is 23.1 Å². The summed E-state index contributed by atoms with van der Waals surface area (Å²) in [6, 6.07) is 12.3. The van der Waals surface area contributed by atoms with Gasteiger partial charge in [-0.25, -0.2) is 18.5 Å². The molecule has 0 aliphatic carbocycles. The molecule has 10 heteroatoms. The minimum Gasteiger partial charge on any atom is -0.352 e. The lowest BCUT2D eigenvalue weighted by Crippen LogP contribution is -2.24. The number of rotatable bonds is 9. The highest BCUT2D eigenvalue weighted by atomic mass is 32.2. The number of imidazole rings is 1. The number of nitrogens with one attached hydrogen (secondary N) is 1. The number of anilines is 1. The van der Waals surface area contributed by atoms with Crippen LogP contribution in [-0.4, -0.2) is 36.3 Å². The van der Waals surface area contributed by atoms with E-state index in [2.05, 4.69) is 10.3 Å². The predicted molar refractivity (Wildman–Crippen MR) is 130 cm³/mol. The smallest absolute Gasteiger partial charge is 0.238 e. The average molecular weight is 484 g/mol. The van der Waals surface area contributed by atoms with Crippen LogP contribution in [-0.2, 0) is 39.1 Å². The maximum absolute atomic E-state index is 12.5. The van der Waals surface area contributed by atoms with E-state index in [1.807, 2.05) is 35.8 Å². The van der Waals surface area contributed by atoms with E-state index in [1.54, 1.807) is 11.0 Å². The van der Waals surface area contributed by atoms with Crippen LogP contribution in [0, 0.1) is 0 Å². The van der Waals surface area contributed by atoms with E-state index in [1.165, 1.54) is 12.1 Å². The highest BCUT2D eigenvalue weighted by Crippen LogP contribution is 2.23. The van der Waals surface area contributed by atoms with Gasteiger partial charge >= 0.3 is 0 Å². The number of hydrogen-bond donors (Lipinski definition) is 2. The number of carbonyl (C=O) groups is 2. The van der Waals surface area contributed by atoms with Crippen LogP contribution in [0.4, 0.5) is 5.69 Å². The number of fused-ring (bicyclic) bond motifs is 1. The number of primary sulfonamides is 1. The van der Waals surface area contributed by atoms with Crippen molar-refractivity contribution >= 4 is 38.6 Å². The van der Waals surface area contributed by atoms with Crippen LogP contribution in [0.1, 0.15) is 44.0 Å². The molecule has 0 bridgehead atoms. The fourth-order valence-corrected chi connectivity index (χ4v) is 4.76. The van der Waals surface area contributed by atoms with Gasteiger partial charge in [0, 0.05) is 44.6 Å². The maximum atomic E-state index is 12.5. The molecule has 0 radical (unpaired) electrons. The van der Waals surface area contributed by atoms with Gasteiger partial charge in [-0.15, -0.1) is 0 Å². The van der Waals surface area contributed by atoms with Crippen LogP contribution < -0.4 is 15.4 Å². The molecule has 0 unspecified atom stereocenters. The largest absolute Gasteiger partial charge is 0.352 e. The third-order valence-corrected chi connectivity index (χ3v) is 6.87. The Labute approximate surface area is 199 Å². The lowest BCUT2D eigenvalue weighted by molar-refractivity contribution is -0.121. The predicted octanol–water partition coefficient (Wildman–Crippen LogP) is 2.47. The van der Waals surface area contributed by atoms with Gasteiger partial charge in [-0.3, -0.25) is 9.59 Å². The Bertz CT molecular complexity index is 1320. The molecule has 9 nitrogen and oxygen atoms in total. The number of sulfonamides is 1. The van der Waals surface area contributed by atoms with Gasteiger partial charge in [-0.1, -0.05) is 19.1 Å². The monoisotopic (exact) mass is 483 g/mol. The highest BCUT2D eigenvalue weighted by molar-refractivity contribution is 7.89. The van der Waals surface area contributed by atoms with Gasteiger partial charge in [0.05, 0.1) is 15.9 Å². The van der Waals surface area contributed by atoms with Crippen molar-refractivity contribution in [2.75, 3.05) is 11.4 Å². The van der Waals surface area contributed by atoms with Gasteiger partial charge in [-0.2, -0.15) is 0 Å². The first-order valence-corrected chi connectivity index (χ1v) is 13.0. The van der Waals surface area contributed by atoms with Gasteiger partial charge in [-0.05, 0) is 48.7 Å². The number of aryl methyl sites for hydroxylation is 2. The minimum absolute atomic E-state index is 0.0190. The summed E-state index contributed by atoms with van der Waals surface area (Å²) in [5.74, 6) is 0.786. The van der Waals surface area contributed by atoms with Crippen molar-refractivity contribution in [1.82, 2.24) is 14.9 Å². The molecule has 0 spiro atoms. The standard InChI is InChI=1S/C24H29N5O4S/c1-2-13-29-21-10-9-19(34(25,32)33)15-20(21)27-22(29)11-12-23(30)26-16-17-5-7-18(8-6-17)28-14-3-4-24(28)31/h5-10,15H,2-4,11-14,16H2,1H3,(H,26,30)(H2,25,32,33). The van der Waals surface area contributed by atoms with Gasteiger partial charge < -0.3 is 14.8 Å². The van der Waals surface area contributed by atoms with Gasteiger partial charge in [0.15, 0.2) is 0 Å². The van der Waals surface area contributed by atoms with Crippen molar-refractivity contribution < 1.29 is 18.0 Å². The van der Waals surface area contributed by atoms with Crippen molar-refractivity contribution in [3.8, 4) is 0 Å². The van der Waals surface area contributed by atoms with Crippen LogP contribution in [0.15, 0.2) is 47.4 Å². The van der Waals surface area contributed by atoms with E-state index in [0.717, 1.165) is 42.0 Å². The first-order valence-electron chi connectivity index (χ1n) is 11.4. The summed E-state index contributed by atoms with van der Waals surface area (Å²) in [5.41, 5.74) is 3.21. The molecule has 1 fully saturated rings. The molecule has 0 atom stereocenters. The van der Waals surface area contributed by atoms with Crippen molar-refractivity contribution in [1.29, 1.82) is 0 Å². The molecule has 2 heterocycles. The lowest BCUT2D eigenvalue weighted by atomic mass is 10.2. The third kappa shape index (κ3) is 5.28. The molecule has 2 amide bonds. The molecule has 2 aromatic carbocycles. The Kier molecular flexibility index (Phi) is 6.99. The summed E-state index contributed by atoms with van der Waals surface area (Å²) < 4.78 is 25.4. The molecular formula is C24H29N5O4S. The first-order chi connectivity index (χ1) is 16.3. The number of aromatic nitrogens is 2. The van der Waals surface area contributed by atoms with E-state index < -0.39 is 10.0 Å². The third-order valence-electron chi connectivity index (χ3n) is 5.96. The number of carbonyl (C=O) groups excluding carboxylic acids is 2. The summed E-state index contributed by atoms with van der Waals surface area (Å²) in [6.07, 6.45) is 3.05. The zero-order valence-electron chi connectivity index (χ0n) is 19.2. The molecule has 34 heavy (non-hydrogen) atoms. The fraction of sp³-hybridized carbons (Fsp3) is 0.375. The van der Waals surface area contributed by atoms with Crippen LogP contribution >= 0.6 is 0 Å². The summed E-state index contributed by atoms with van der Waals surface area (Å²) in [6.45, 7) is 3.91. The maximum Gasteiger partial charge on any atom is 0.238 e. The second-order valence-electron chi connectivity index (χ2n) is 8.47. The molecule has 0 saturated carbocycles. The Balaban J connectivity index is 1.38. The summed E-state index contributed by atoms with van der Waals surface area (Å²) in [4.78, 5) is 30.7. The van der Waals surface area contributed by atoms with Gasteiger partial charge in [0.2, 0.25) is 21.8 Å². The van der Waals surface area contributed by atoms with Crippen LogP contribution in [0.2, 0.25) is 0 Å². The van der Waals surface area contributed by atoms with E-state index in [9.17, 15) is 18.0 Å². The quantitative estimate of drug-likeness (QED) is 0.483. The molecule has 3 aromatic rings. The van der Waals surface area contributed by atoms with Crippen molar-refractivity contribution in [2.45, 2.75) is 57.0 Å². The molecule has 180 valence electrons. The van der Waals surface area contributed by atoms with Gasteiger partial charge in [0.25, 0.3) is 0 Å². The number of benzene rings is 2. The molecule has 1 aromatic heterocycles. The number of nitrogens with zero attached hydrogens (tertiary/aromatic N) is 3. The first kappa shape index (κ1) is 23.9. The zero-order valence-corrected chi connectivity index (χ0v) is 20.0. The Morgan fingerprint density at radius 1 is 1.18 bits per heavy atom. The second-order valence-corrected chi connectivity index (χ2v) is 10.0. The normalized spacial score (nSPS) is 14.2. The molecule has 1 saturated heterocycles. The summed E-state index contributed by atoms with van der Waals surface area (Å²) in [7, 11) is -3.81. The Hall–Kier alpha value is -3.24. The molecule has 3 N–H and O–H groups in total. The number of nitrogens with two attached hydrogens (primary N) is 1. The average Bonchev–Trinajstić information content (AvgIpc) is 3.39. The fourth-order valence-electron chi connectivity index (χ4n) is 4.23. The van der Waals surface area contributed by atoms with Crippen molar-refractivity contribution in [2.24, 2.45) is 5.14 Å². The van der Waals surface area contributed by atoms with Crippen LogP contribution in [0.5, 0.6) is 0 Å². The van der Waals surface area contributed by atoms with Crippen molar-refractivity contribution in [3.05, 3.63) is 53.9 Å². The molecule has 4 rings (SSSR count). The Morgan fingerprint density at radius 3 is 2.59 bits per heavy atom. The Morgan fingerprint density at radius 2 is 1.94 bits per heavy atom. The van der Waals surface area contributed by atoms with Crippen LogP contribution in [0.25, 0.3) is 11.0 Å².